The normalized spacial score (nSPS) is 22.1. The Morgan fingerprint density at radius 3 is 2.62 bits per heavy atom. The molecule has 0 radical (unpaired) electrons. The van der Waals surface area contributed by atoms with Crippen molar-refractivity contribution in [3.63, 3.8) is 0 Å². The summed E-state index contributed by atoms with van der Waals surface area (Å²) in [5.74, 6) is -1.41. The molecule has 12 nitrogen and oxygen atoms in total. The third-order valence-corrected chi connectivity index (χ3v) is 10.5. The smallest absolute Gasteiger partial charge is 0.319 e. The fourth-order valence-electron chi connectivity index (χ4n) is 7.40. The molecule has 246 valence electrons. The van der Waals surface area contributed by atoms with Crippen molar-refractivity contribution in [2.24, 2.45) is 0 Å². The molecular formula is C32H34F2N8O4S. The number of halogens is 2. The number of rotatable bonds is 5. The minimum absolute atomic E-state index is 0.0831. The van der Waals surface area contributed by atoms with Gasteiger partial charge >= 0.3 is 6.01 Å². The number of aliphatic carboxylic acids is 1. The van der Waals surface area contributed by atoms with Crippen LogP contribution in [0.5, 0.6) is 6.01 Å². The minimum Gasteiger partial charge on any atom is -0.481 e. The van der Waals surface area contributed by atoms with Crippen molar-refractivity contribution in [3.05, 3.63) is 34.5 Å². The summed E-state index contributed by atoms with van der Waals surface area (Å²) >= 11 is 0.956. The van der Waals surface area contributed by atoms with Crippen molar-refractivity contribution in [3.8, 4) is 23.3 Å². The van der Waals surface area contributed by atoms with Gasteiger partial charge in [-0.3, -0.25) is 9.78 Å². The largest absolute Gasteiger partial charge is 0.481 e. The number of pyridine rings is 1. The Hall–Kier alpha value is -4.23. The molecule has 15 heteroatoms. The number of nitrogen functional groups attached to an aromatic ring is 1. The lowest BCUT2D eigenvalue weighted by atomic mass is 9.86. The Morgan fingerprint density at radius 1 is 1.21 bits per heavy atom. The number of nitrogens with two attached hydrogens (primary N) is 1. The van der Waals surface area contributed by atoms with E-state index in [1.165, 1.54) is 0 Å². The molecule has 5 aliphatic rings. The van der Waals surface area contributed by atoms with Crippen LogP contribution in [-0.2, 0) is 22.7 Å². The number of anilines is 2. The van der Waals surface area contributed by atoms with Gasteiger partial charge in [-0.1, -0.05) is 0 Å². The zero-order chi connectivity index (χ0) is 33.1. The average Bonchev–Trinajstić information content (AvgIpc) is 3.75. The molecule has 0 aliphatic carbocycles. The second-order valence-electron chi connectivity index (χ2n) is 12.6. The number of hydrogen-bond donors (Lipinski definition) is 2. The molecule has 0 spiro atoms. The summed E-state index contributed by atoms with van der Waals surface area (Å²) < 4.78 is 44.3. The van der Waals surface area contributed by atoms with Crippen LogP contribution in [0.4, 0.5) is 19.6 Å². The summed E-state index contributed by atoms with van der Waals surface area (Å²) in [6.07, 6.45) is 4.21. The summed E-state index contributed by atoms with van der Waals surface area (Å²) in [5.41, 5.74) is 7.98. The van der Waals surface area contributed by atoms with Gasteiger partial charge in [-0.05, 0) is 51.0 Å². The summed E-state index contributed by atoms with van der Waals surface area (Å²) in [4.78, 5) is 29.8. The van der Waals surface area contributed by atoms with Crippen molar-refractivity contribution in [1.29, 1.82) is 5.26 Å². The van der Waals surface area contributed by atoms with Gasteiger partial charge in [0.2, 0.25) is 0 Å². The Kier molecular flexibility index (Phi) is 8.07. The minimum atomic E-state index is -0.833. The topological polar surface area (TPSA) is 154 Å². The number of carbonyl (C=O) groups is 1. The zero-order valence-corrected chi connectivity index (χ0v) is 27.0. The van der Waals surface area contributed by atoms with Crippen molar-refractivity contribution in [2.75, 3.05) is 51.0 Å². The maximum Gasteiger partial charge on any atom is 0.319 e. The second-order valence-corrected chi connectivity index (χ2v) is 13.6. The molecule has 2 bridgehead atoms. The first-order chi connectivity index (χ1) is 22.6. The number of aromatic nitrogens is 3. The van der Waals surface area contributed by atoms with E-state index in [0.717, 1.165) is 68.9 Å². The zero-order valence-electron chi connectivity index (χ0n) is 26.2. The van der Waals surface area contributed by atoms with Gasteiger partial charge in [0.1, 0.15) is 29.0 Å². The molecule has 0 amide bonds. The number of thiophene rings is 1. The van der Waals surface area contributed by atoms with Crippen LogP contribution >= 0.6 is 11.3 Å². The number of likely N-dealkylation sites (tertiary alicyclic amines) is 1. The van der Waals surface area contributed by atoms with Gasteiger partial charge < -0.3 is 35.0 Å². The molecule has 4 aromatic rings. The lowest BCUT2D eigenvalue weighted by Crippen LogP contribution is -2.68. The van der Waals surface area contributed by atoms with Crippen molar-refractivity contribution >= 4 is 49.1 Å². The van der Waals surface area contributed by atoms with Crippen LogP contribution < -0.4 is 15.4 Å². The Morgan fingerprint density at radius 2 is 1.94 bits per heavy atom. The van der Waals surface area contributed by atoms with Crippen molar-refractivity contribution in [2.45, 2.75) is 57.5 Å². The number of likely N-dealkylation sites (N-methyl/N-ethyl adjacent to an activating group) is 2. The van der Waals surface area contributed by atoms with Gasteiger partial charge in [0.25, 0.3) is 5.97 Å². The number of carboxylic acid groups (broad SMARTS) is 1. The van der Waals surface area contributed by atoms with Gasteiger partial charge in [0.15, 0.2) is 11.6 Å². The van der Waals surface area contributed by atoms with E-state index in [4.69, 9.17) is 30.1 Å². The van der Waals surface area contributed by atoms with E-state index in [1.54, 1.807) is 0 Å². The summed E-state index contributed by atoms with van der Waals surface area (Å²) in [6.45, 7) is 4.65. The summed E-state index contributed by atoms with van der Waals surface area (Å²) in [5, 5.41) is 18.3. The van der Waals surface area contributed by atoms with E-state index in [0.29, 0.717) is 23.4 Å². The quantitative estimate of drug-likeness (QED) is 0.315. The monoisotopic (exact) mass is 664 g/mol. The lowest BCUT2D eigenvalue weighted by molar-refractivity contribution is -0.134. The standard InChI is InChI=1S/C30H30F2N8O2S.C2H4O2/c1-38-9-15-6-16(10-38)40(15)29-23-19-13-41-12-18(19)21(25-22-17(7-33)28(34)43-27(22)20(31)8-35-25)24(32)26(23)36-30(37-29)42-11-14-4-3-5-39(14)2;1-2(3)4/h8,14-16H,3-6,9-13,34H2,1-2H3;1H3,(H,3,4). The molecule has 5 aliphatic heterocycles. The molecule has 4 saturated heterocycles. The molecule has 3 atom stereocenters. The average molecular weight is 665 g/mol. The Labute approximate surface area is 273 Å². The summed E-state index contributed by atoms with van der Waals surface area (Å²) in [6, 6.07) is 2.93. The highest BCUT2D eigenvalue weighted by Gasteiger charge is 2.46. The number of nitrogens with zero attached hydrogens (tertiary/aromatic N) is 7. The molecule has 3 N–H and O–H groups in total. The van der Waals surface area contributed by atoms with Gasteiger partial charge in [0.05, 0.1) is 40.8 Å². The number of hydrogen-bond acceptors (Lipinski definition) is 12. The molecule has 0 saturated carbocycles. The highest BCUT2D eigenvalue weighted by Crippen LogP contribution is 2.48. The van der Waals surface area contributed by atoms with Crippen LogP contribution in [0.3, 0.4) is 0 Å². The Bertz CT molecular complexity index is 1950. The predicted octanol–water partition coefficient (Wildman–Crippen LogP) is 4.13. The van der Waals surface area contributed by atoms with Crippen LogP contribution in [0, 0.1) is 23.0 Å². The number of fused-ring (bicyclic) bond motifs is 6. The fourth-order valence-corrected chi connectivity index (χ4v) is 8.33. The molecule has 1 aromatic carbocycles. The first kappa shape index (κ1) is 31.4. The predicted molar refractivity (Wildman–Crippen MR) is 172 cm³/mol. The van der Waals surface area contributed by atoms with Crippen LogP contribution in [-0.4, -0.2) is 94.3 Å². The molecule has 9 rings (SSSR count). The Balaban J connectivity index is 0.000000833. The maximum absolute atomic E-state index is 17.1. The van der Waals surface area contributed by atoms with E-state index >= 15 is 4.39 Å². The third kappa shape index (κ3) is 5.29. The van der Waals surface area contributed by atoms with Gasteiger partial charge in [-0.2, -0.15) is 15.2 Å². The van der Waals surface area contributed by atoms with Gasteiger partial charge in [-0.15, -0.1) is 11.3 Å². The van der Waals surface area contributed by atoms with Crippen LogP contribution in [0.1, 0.15) is 42.9 Å². The fraction of sp³-hybridized carbons (Fsp3) is 0.469. The molecule has 47 heavy (non-hydrogen) atoms. The highest BCUT2D eigenvalue weighted by molar-refractivity contribution is 7.23. The molecule has 3 unspecified atom stereocenters. The number of nitriles is 1. The second kappa shape index (κ2) is 12.1. The lowest BCUT2D eigenvalue weighted by Gasteiger charge is -2.56. The number of ether oxygens (including phenoxy) is 2. The van der Waals surface area contributed by atoms with E-state index < -0.39 is 17.6 Å². The molecular weight excluding hydrogens is 630 g/mol. The first-order valence-corrected chi connectivity index (χ1v) is 16.3. The maximum atomic E-state index is 17.1. The van der Waals surface area contributed by atoms with Crippen LogP contribution in [0.15, 0.2) is 6.20 Å². The number of carboxylic acids is 1. The summed E-state index contributed by atoms with van der Waals surface area (Å²) in [7, 11) is 4.19. The van der Waals surface area contributed by atoms with E-state index in [-0.39, 0.29) is 74.8 Å². The molecule has 4 fully saturated rings. The number of benzene rings is 1. The van der Waals surface area contributed by atoms with E-state index in [1.807, 2.05) is 0 Å². The number of piperazine rings is 1. The van der Waals surface area contributed by atoms with Gasteiger partial charge in [-0.25, -0.2) is 8.78 Å². The third-order valence-electron chi connectivity index (χ3n) is 9.50. The first-order valence-electron chi connectivity index (χ1n) is 15.5. The highest BCUT2D eigenvalue weighted by atomic mass is 32.1. The molecule has 3 aromatic heterocycles. The van der Waals surface area contributed by atoms with Crippen LogP contribution in [0.2, 0.25) is 0 Å². The van der Waals surface area contributed by atoms with Crippen molar-refractivity contribution in [1.82, 2.24) is 24.8 Å². The number of piperidine rings is 1. The molecule has 8 heterocycles. The van der Waals surface area contributed by atoms with Crippen LogP contribution in [0.25, 0.3) is 32.2 Å². The SMILES string of the molecule is CC(=O)O.CN1CC2CC(C1)N2c1nc(OCC2CCCN2C)nc2c(F)c(-c3ncc(F)c4sc(N)c(C#N)c34)c3c(c12)COC3. The van der Waals surface area contributed by atoms with Gasteiger partial charge in [0, 0.05) is 49.1 Å². The van der Waals surface area contributed by atoms with E-state index in [2.05, 4.69) is 44.8 Å². The van der Waals surface area contributed by atoms with Crippen molar-refractivity contribution < 1.29 is 28.2 Å². The van der Waals surface area contributed by atoms with E-state index in [9.17, 15) is 9.65 Å².